The molecule has 3 aromatic rings. The van der Waals surface area contributed by atoms with Crippen LogP contribution in [0.4, 0.5) is 0 Å². The second-order valence-electron chi connectivity index (χ2n) is 5.10. The summed E-state index contributed by atoms with van der Waals surface area (Å²) in [7, 11) is 1.66. The van der Waals surface area contributed by atoms with E-state index in [1.807, 2.05) is 62.4 Å². The van der Waals surface area contributed by atoms with Crippen LogP contribution in [0.1, 0.15) is 11.4 Å². The van der Waals surface area contributed by atoms with Gasteiger partial charge in [-0.3, -0.25) is 0 Å². The van der Waals surface area contributed by atoms with Crippen LogP contribution >= 0.6 is 0 Å². The van der Waals surface area contributed by atoms with Gasteiger partial charge in [0.15, 0.2) is 11.6 Å². The van der Waals surface area contributed by atoms with E-state index < -0.39 is 0 Å². The van der Waals surface area contributed by atoms with Gasteiger partial charge in [0, 0.05) is 5.56 Å². The minimum atomic E-state index is 0.628. The first-order chi connectivity index (χ1) is 10.7. The van der Waals surface area contributed by atoms with Gasteiger partial charge in [-0.2, -0.15) is 0 Å². The Labute approximate surface area is 129 Å². The number of rotatable bonds is 3. The lowest BCUT2D eigenvalue weighted by Gasteiger charge is -2.10. The number of aromatic nitrogens is 3. The Morgan fingerprint density at radius 3 is 2.27 bits per heavy atom. The van der Waals surface area contributed by atoms with Crippen molar-refractivity contribution in [1.82, 2.24) is 15.0 Å². The number of methoxy groups -OCH3 is 1. The van der Waals surface area contributed by atoms with E-state index in [-0.39, 0.29) is 0 Å². The summed E-state index contributed by atoms with van der Waals surface area (Å²) >= 11 is 0. The number of aryl methyl sites for hydroxylation is 2. The Morgan fingerprint density at radius 2 is 1.55 bits per heavy atom. The molecule has 0 aliphatic heterocycles. The third-order valence-corrected chi connectivity index (χ3v) is 3.38. The number of benzene rings is 2. The van der Waals surface area contributed by atoms with Crippen LogP contribution in [0.15, 0.2) is 48.5 Å². The highest BCUT2D eigenvalue weighted by atomic mass is 16.5. The van der Waals surface area contributed by atoms with E-state index in [1.54, 1.807) is 7.11 Å². The van der Waals surface area contributed by atoms with E-state index in [2.05, 4.69) is 15.0 Å². The van der Waals surface area contributed by atoms with Crippen molar-refractivity contribution in [3.63, 3.8) is 0 Å². The molecular formula is C18H17N3O. The third-order valence-electron chi connectivity index (χ3n) is 3.38. The standard InChI is InChI=1S/C18H17N3O/c1-12-9-10-15(16(11-12)22-3)18-20-13(2)19-17(21-18)14-7-5-4-6-8-14/h4-11H,1-3H3. The number of hydrogen-bond donors (Lipinski definition) is 0. The summed E-state index contributed by atoms with van der Waals surface area (Å²) in [6, 6.07) is 15.9. The van der Waals surface area contributed by atoms with Crippen molar-refractivity contribution in [2.24, 2.45) is 0 Å². The van der Waals surface area contributed by atoms with Crippen molar-refractivity contribution >= 4 is 0 Å². The summed E-state index contributed by atoms with van der Waals surface area (Å²) in [6.07, 6.45) is 0. The summed E-state index contributed by atoms with van der Waals surface area (Å²) in [5, 5.41) is 0. The molecule has 0 spiro atoms. The van der Waals surface area contributed by atoms with Crippen molar-refractivity contribution in [3.05, 3.63) is 59.9 Å². The highest BCUT2D eigenvalue weighted by Crippen LogP contribution is 2.29. The first-order valence-corrected chi connectivity index (χ1v) is 7.10. The molecule has 0 aliphatic carbocycles. The summed E-state index contributed by atoms with van der Waals surface area (Å²) in [6.45, 7) is 3.90. The lowest BCUT2D eigenvalue weighted by atomic mass is 10.1. The van der Waals surface area contributed by atoms with Crippen molar-refractivity contribution < 1.29 is 4.74 Å². The van der Waals surface area contributed by atoms with Crippen LogP contribution < -0.4 is 4.74 Å². The van der Waals surface area contributed by atoms with Crippen molar-refractivity contribution in [1.29, 1.82) is 0 Å². The van der Waals surface area contributed by atoms with Crippen molar-refractivity contribution in [2.75, 3.05) is 7.11 Å². The van der Waals surface area contributed by atoms with Gasteiger partial charge < -0.3 is 4.74 Å². The van der Waals surface area contributed by atoms with E-state index in [1.165, 1.54) is 0 Å². The van der Waals surface area contributed by atoms with Gasteiger partial charge in [-0.25, -0.2) is 15.0 Å². The maximum atomic E-state index is 5.47. The van der Waals surface area contributed by atoms with Crippen molar-refractivity contribution in [3.8, 4) is 28.5 Å². The molecule has 0 unspecified atom stereocenters. The topological polar surface area (TPSA) is 47.9 Å². The molecule has 0 radical (unpaired) electrons. The summed E-state index contributed by atoms with van der Waals surface area (Å²) in [4.78, 5) is 13.5. The van der Waals surface area contributed by atoms with E-state index in [0.29, 0.717) is 17.5 Å². The molecular weight excluding hydrogens is 274 g/mol. The Morgan fingerprint density at radius 1 is 0.818 bits per heavy atom. The molecule has 1 heterocycles. The highest BCUT2D eigenvalue weighted by Gasteiger charge is 2.12. The molecule has 22 heavy (non-hydrogen) atoms. The molecule has 110 valence electrons. The van der Waals surface area contributed by atoms with Gasteiger partial charge in [0.2, 0.25) is 0 Å². The number of hydrogen-bond acceptors (Lipinski definition) is 4. The van der Waals surface area contributed by atoms with Crippen LogP contribution in [0, 0.1) is 13.8 Å². The summed E-state index contributed by atoms with van der Waals surface area (Å²) < 4.78 is 5.47. The smallest absolute Gasteiger partial charge is 0.167 e. The molecule has 2 aromatic carbocycles. The lowest BCUT2D eigenvalue weighted by Crippen LogP contribution is -2.00. The third kappa shape index (κ3) is 2.81. The molecule has 0 fully saturated rings. The largest absolute Gasteiger partial charge is 0.496 e. The zero-order chi connectivity index (χ0) is 15.5. The molecule has 0 saturated carbocycles. The minimum Gasteiger partial charge on any atom is -0.496 e. The van der Waals surface area contributed by atoms with Gasteiger partial charge >= 0.3 is 0 Å². The normalized spacial score (nSPS) is 10.5. The van der Waals surface area contributed by atoms with Crippen LogP contribution in [0.25, 0.3) is 22.8 Å². The van der Waals surface area contributed by atoms with E-state index in [9.17, 15) is 0 Å². The molecule has 4 heteroatoms. The zero-order valence-electron chi connectivity index (χ0n) is 12.9. The van der Waals surface area contributed by atoms with Crippen LogP contribution in [0.3, 0.4) is 0 Å². The van der Waals surface area contributed by atoms with Crippen molar-refractivity contribution in [2.45, 2.75) is 13.8 Å². The van der Waals surface area contributed by atoms with Crippen LogP contribution in [0.5, 0.6) is 5.75 Å². The van der Waals surface area contributed by atoms with Gasteiger partial charge in [0.25, 0.3) is 0 Å². The van der Waals surface area contributed by atoms with Gasteiger partial charge in [-0.1, -0.05) is 36.4 Å². The molecule has 1 aromatic heterocycles. The quantitative estimate of drug-likeness (QED) is 0.736. The predicted molar refractivity (Wildman–Crippen MR) is 86.7 cm³/mol. The summed E-state index contributed by atoms with van der Waals surface area (Å²) in [5.74, 6) is 2.75. The fourth-order valence-electron chi connectivity index (χ4n) is 2.30. The summed E-state index contributed by atoms with van der Waals surface area (Å²) in [5.41, 5.74) is 2.98. The lowest BCUT2D eigenvalue weighted by molar-refractivity contribution is 0.416. The zero-order valence-corrected chi connectivity index (χ0v) is 12.9. The molecule has 0 N–H and O–H groups in total. The van der Waals surface area contributed by atoms with E-state index in [4.69, 9.17) is 4.74 Å². The van der Waals surface area contributed by atoms with E-state index >= 15 is 0 Å². The maximum Gasteiger partial charge on any atom is 0.167 e. The van der Waals surface area contributed by atoms with Crippen LogP contribution in [0.2, 0.25) is 0 Å². The monoisotopic (exact) mass is 291 g/mol. The van der Waals surface area contributed by atoms with Crippen LogP contribution in [-0.2, 0) is 0 Å². The Balaban J connectivity index is 2.15. The second-order valence-corrected chi connectivity index (χ2v) is 5.10. The Hall–Kier alpha value is -2.75. The van der Waals surface area contributed by atoms with Gasteiger partial charge in [0.05, 0.1) is 12.7 Å². The Kier molecular flexibility index (Phi) is 3.83. The highest BCUT2D eigenvalue weighted by molar-refractivity contribution is 5.67. The number of nitrogens with zero attached hydrogens (tertiary/aromatic N) is 3. The average molecular weight is 291 g/mol. The molecule has 0 atom stereocenters. The molecule has 4 nitrogen and oxygen atoms in total. The average Bonchev–Trinajstić information content (AvgIpc) is 2.55. The number of ether oxygens (including phenoxy) is 1. The minimum absolute atomic E-state index is 0.628. The first kappa shape index (κ1) is 14.2. The van der Waals surface area contributed by atoms with E-state index in [0.717, 1.165) is 22.4 Å². The molecule has 0 amide bonds. The molecule has 0 aliphatic rings. The SMILES string of the molecule is COc1cc(C)ccc1-c1nc(C)nc(-c2ccccc2)n1. The van der Waals surface area contributed by atoms with Gasteiger partial charge in [-0.05, 0) is 31.5 Å². The Bertz CT molecular complexity index is 801. The predicted octanol–water partition coefficient (Wildman–Crippen LogP) is 3.83. The molecule has 3 rings (SSSR count). The fraction of sp³-hybridized carbons (Fsp3) is 0.167. The van der Waals surface area contributed by atoms with Gasteiger partial charge in [-0.15, -0.1) is 0 Å². The second kappa shape index (κ2) is 5.93. The van der Waals surface area contributed by atoms with Crippen LogP contribution in [-0.4, -0.2) is 22.1 Å². The molecule has 0 saturated heterocycles. The fourth-order valence-corrected chi connectivity index (χ4v) is 2.30. The molecule has 0 bridgehead atoms. The van der Waals surface area contributed by atoms with Gasteiger partial charge in [0.1, 0.15) is 11.6 Å². The maximum absolute atomic E-state index is 5.47. The first-order valence-electron chi connectivity index (χ1n) is 7.10.